The molecule has 0 bridgehead atoms. The van der Waals surface area contributed by atoms with Gasteiger partial charge < -0.3 is 0 Å². The molecule has 0 radical (unpaired) electrons. The zero-order valence-electron chi connectivity index (χ0n) is 20.9. The highest BCUT2D eigenvalue weighted by molar-refractivity contribution is 5.65. The van der Waals surface area contributed by atoms with Crippen LogP contribution in [0.3, 0.4) is 0 Å². The Balaban J connectivity index is 1.19. The molecule has 2 aromatic carbocycles. The van der Waals surface area contributed by atoms with E-state index in [-0.39, 0.29) is 5.82 Å². The number of benzene rings is 2. The van der Waals surface area contributed by atoms with E-state index in [4.69, 9.17) is 0 Å². The zero-order chi connectivity index (χ0) is 22.8. The summed E-state index contributed by atoms with van der Waals surface area (Å²) in [7, 11) is 0. The maximum Gasteiger partial charge on any atom is 0.131 e. The van der Waals surface area contributed by atoms with Gasteiger partial charge in [0, 0.05) is 5.56 Å². The van der Waals surface area contributed by atoms with E-state index >= 15 is 4.39 Å². The summed E-state index contributed by atoms with van der Waals surface area (Å²) in [5.41, 5.74) is 4.43. The van der Waals surface area contributed by atoms with Crippen molar-refractivity contribution in [1.29, 1.82) is 0 Å². The SMILES string of the molecule is CC1CCC(c2ccc(-c3ccc(C4CCC(C5CCC(C)CC5)CC4)cc3)c(F)c2)CC1. The summed E-state index contributed by atoms with van der Waals surface area (Å²) >= 11 is 0. The predicted octanol–water partition coefficient (Wildman–Crippen LogP) is 9.89. The van der Waals surface area contributed by atoms with E-state index in [0.29, 0.717) is 11.8 Å². The number of hydrogen-bond acceptors (Lipinski definition) is 0. The summed E-state index contributed by atoms with van der Waals surface area (Å²) in [6, 6.07) is 14.9. The fourth-order valence-corrected chi connectivity index (χ4v) is 7.23. The van der Waals surface area contributed by atoms with Gasteiger partial charge in [0.2, 0.25) is 0 Å². The second kappa shape index (κ2) is 10.3. The van der Waals surface area contributed by atoms with Crippen LogP contribution in [0.2, 0.25) is 0 Å². The van der Waals surface area contributed by atoms with Crippen LogP contribution in [0.25, 0.3) is 11.1 Å². The van der Waals surface area contributed by atoms with Crippen LogP contribution in [0, 0.1) is 29.5 Å². The van der Waals surface area contributed by atoms with Crippen molar-refractivity contribution < 1.29 is 4.39 Å². The van der Waals surface area contributed by atoms with Gasteiger partial charge in [-0.2, -0.15) is 0 Å². The quantitative estimate of drug-likeness (QED) is 0.438. The highest BCUT2D eigenvalue weighted by atomic mass is 19.1. The molecule has 0 saturated heterocycles. The summed E-state index contributed by atoms with van der Waals surface area (Å²) in [4.78, 5) is 0. The van der Waals surface area contributed by atoms with Crippen molar-refractivity contribution >= 4 is 0 Å². The predicted molar refractivity (Wildman–Crippen MR) is 138 cm³/mol. The lowest BCUT2D eigenvalue weighted by atomic mass is 9.68. The normalized spacial score (nSPS) is 33.1. The molecule has 1 heteroatoms. The van der Waals surface area contributed by atoms with Gasteiger partial charge in [0.05, 0.1) is 0 Å². The second-order valence-electron chi connectivity index (χ2n) is 11.9. The Morgan fingerprint density at radius 3 is 1.58 bits per heavy atom. The molecule has 0 unspecified atom stereocenters. The molecule has 0 N–H and O–H groups in total. The molecule has 178 valence electrons. The molecule has 0 aliphatic heterocycles. The summed E-state index contributed by atoms with van der Waals surface area (Å²) in [6.07, 6.45) is 16.3. The average molecular weight is 447 g/mol. The first-order valence-corrected chi connectivity index (χ1v) is 14.0. The van der Waals surface area contributed by atoms with Gasteiger partial charge >= 0.3 is 0 Å². The second-order valence-corrected chi connectivity index (χ2v) is 11.9. The van der Waals surface area contributed by atoms with Gasteiger partial charge in [-0.05, 0) is 110 Å². The molecule has 3 fully saturated rings. The molecule has 0 heterocycles. The van der Waals surface area contributed by atoms with E-state index in [0.717, 1.165) is 34.8 Å². The van der Waals surface area contributed by atoms with Gasteiger partial charge in [-0.15, -0.1) is 0 Å². The Bertz CT molecular complexity index is 889. The molecule has 0 nitrogen and oxygen atoms in total. The Morgan fingerprint density at radius 1 is 0.545 bits per heavy atom. The van der Waals surface area contributed by atoms with Crippen LogP contribution in [-0.4, -0.2) is 0 Å². The van der Waals surface area contributed by atoms with Crippen molar-refractivity contribution in [2.75, 3.05) is 0 Å². The lowest BCUT2D eigenvalue weighted by molar-refractivity contribution is 0.165. The molecule has 2 aromatic rings. The standard InChI is InChI=1S/C32H43F/c1-22-3-7-24(8-4-22)25-11-13-26(14-12-25)27-15-17-29(18-16-27)31-20-19-30(21-32(31)33)28-9-5-23(2)6-10-28/h15-26,28H,3-14H2,1-2H3. The number of halogens is 1. The summed E-state index contributed by atoms with van der Waals surface area (Å²) in [6.45, 7) is 4.76. The summed E-state index contributed by atoms with van der Waals surface area (Å²) in [5, 5.41) is 0. The number of rotatable bonds is 4. The fourth-order valence-electron chi connectivity index (χ4n) is 7.23. The van der Waals surface area contributed by atoms with Crippen LogP contribution in [0.4, 0.5) is 4.39 Å². The van der Waals surface area contributed by atoms with Crippen LogP contribution in [0.15, 0.2) is 42.5 Å². The third-order valence-corrected chi connectivity index (χ3v) is 9.67. The van der Waals surface area contributed by atoms with Crippen molar-refractivity contribution in [3.05, 3.63) is 59.4 Å². The molecule has 5 rings (SSSR count). The lowest BCUT2D eigenvalue weighted by Gasteiger charge is -2.37. The van der Waals surface area contributed by atoms with E-state index in [1.165, 1.54) is 88.2 Å². The summed E-state index contributed by atoms with van der Waals surface area (Å²) < 4.78 is 15.1. The van der Waals surface area contributed by atoms with Gasteiger partial charge in [0.25, 0.3) is 0 Å². The minimum absolute atomic E-state index is 0.0545. The Kier molecular flexibility index (Phi) is 7.24. The largest absolute Gasteiger partial charge is 0.206 e. The monoisotopic (exact) mass is 446 g/mol. The highest BCUT2D eigenvalue weighted by Crippen LogP contribution is 2.44. The first-order valence-electron chi connectivity index (χ1n) is 14.0. The molecular formula is C32H43F. The summed E-state index contributed by atoms with van der Waals surface area (Å²) in [5.74, 6) is 4.92. The van der Waals surface area contributed by atoms with Crippen molar-refractivity contribution in [1.82, 2.24) is 0 Å². The minimum Gasteiger partial charge on any atom is -0.206 e. The molecular weight excluding hydrogens is 403 g/mol. The minimum atomic E-state index is -0.0545. The van der Waals surface area contributed by atoms with Crippen LogP contribution >= 0.6 is 0 Å². The molecule has 3 aliphatic rings. The van der Waals surface area contributed by atoms with Crippen LogP contribution < -0.4 is 0 Å². The Labute approximate surface area is 201 Å². The topological polar surface area (TPSA) is 0 Å². The maximum absolute atomic E-state index is 15.1. The van der Waals surface area contributed by atoms with E-state index in [9.17, 15) is 0 Å². The fraction of sp³-hybridized carbons (Fsp3) is 0.625. The molecule has 0 atom stereocenters. The average Bonchev–Trinajstić information content (AvgIpc) is 2.85. The zero-order valence-corrected chi connectivity index (χ0v) is 20.9. The van der Waals surface area contributed by atoms with Crippen molar-refractivity contribution in [2.24, 2.45) is 23.7 Å². The molecule has 33 heavy (non-hydrogen) atoms. The van der Waals surface area contributed by atoms with Gasteiger partial charge in [-0.25, -0.2) is 4.39 Å². The third-order valence-electron chi connectivity index (χ3n) is 9.67. The van der Waals surface area contributed by atoms with Gasteiger partial charge in [0.15, 0.2) is 0 Å². The van der Waals surface area contributed by atoms with Crippen LogP contribution in [-0.2, 0) is 0 Å². The van der Waals surface area contributed by atoms with E-state index in [1.807, 2.05) is 12.1 Å². The lowest BCUT2D eigenvalue weighted by Crippen LogP contribution is -2.24. The van der Waals surface area contributed by atoms with Gasteiger partial charge in [-0.1, -0.05) is 75.9 Å². The molecule has 3 aliphatic carbocycles. The van der Waals surface area contributed by atoms with Gasteiger partial charge in [0.1, 0.15) is 5.82 Å². The molecule has 0 aromatic heterocycles. The Morgan fingerprint density at radius 2 is 1.00 bits per heavy atom. The van der Waals surface area contributed by atoms with Crippen LogP contribution in [0.1, 0.15) is 114 Å². The molecule has 0 amide bonds. The van der Waals surface area contributed by atoms with Crippen molar-refractivity contribution in [3.63, 3.8) is 0 Å². The van der Waals surface area contributed by atoms with E-state index < -0.39 is 0 Å². The van der Waals surface area contributed by atoms with E-state index in [1.54, 1.807) is 0 Å². The highest BCUT2D eigenvalue weighted by Gasteiger charge is 2.30. The van der Waals surface area contributed by atoms with Crippen molar-refractivity contribution in [2.45, 2.75) is 103 Å². The maximum atomic E-state index is 15.1. The number of hydrogen-bond donors (Lipinski definition) is 0. The smallest absolute Gasteiger partial charge is 0.131 e. The molecule has 3 saturated carbocycles. The van der Waals surface area contributed by atoms with E-state index in [2.05, 4.69) is 44.2 Å². The van der Waals surface area contributed by atoms with Crippen molar-refractivity contribution in [3.8, 4) is 11.1 Å². The first kappa shape index (κ1) is 23.1. The molecule has 0 spiro atoms. The Hall–Kier alpha value is -1.63. The van der Waals surface area contributed by atoms with Gasteiger partial charge in [-0.3, -0.25) is 0 Å². The van der Waals surface area contributed by atoms with Crippen LogP contribution in [0.5, 0.6) is 0 Å². The third kappa shape index (κ3) is 5.39. The first-order chi connectivity index (χ1) is 16.1.